The van der Waals surface area contributed by atoms with Gasteiger partial charge in [0.2, 0.25) is 0 Å². The van der Waals surface area contributed by atoms with Gasteiger partial charge in [0.25, 0.3) is 0 Å². The molecular weight excluding hydrogens is 272 g/mol. The van der Waals surface area contributed by atoms with E-state index in [1.807, 2.05) is 0 Å². The molecule has 2 heterocycles. The monoisotopic (exact) mass is 294 g/mol. The molecule has 0 N–H and O–H groups in total. The molecule has 2 unspecified atom stereocenters. The van der Waals surface area contributed by atoms with Crippen molar-refractivity contribution in [2.45, 2.75) is 46.7 Å². The summed E-state index contributed by atoms with van der Waals surface area (Å²) in [6.07, 6.45) is 13.3. The van der Waals surface area contributed by atoms with Gasteiger partial charge in [-0.15, -0.1) is 47.0 Å². The van der Waals surface area contributed by atoms with Crippen molar-refractivity contribution in [1.29, 1.82) is 0 Å². The first kappa shape index (κ1) is 13.8. The molecule has 0 spiro atoms. The largest absolute Gasteiger partial charge is 0.145 e. The Kier molecular flexibility index (Phi) is 5.21. The summed E-state index contributed by atoms with van der Waals surface area (Å²) in [5.41, 5.74) is 0. The lowest BCUT2D eigenvalue weighted by atomic mass is 10.0. The van der Waals surface area contributed by atoms with Crippen molar-refractivity contribution >= 4 is 47.0 Å². The van der Waals surface area contributed by atoms with E-state index in [1.54, 1.807) is 0 Å². The molecule has 2 atom stereocenters. The highest BCUT2D eigenvalue weighted by Gasteiger charge is 2.52. The summed E-state index contributed by atoms with van der Waals surface area (Å²) in [5.74, 6) is 2.76. The van der Waals surface area contributed by atoms with Crippen LogP contribution in [-0.4, -0.2) is 32.2 Å². The van der Waals surface area contributed by atoms with Crippen LogP contribution in [0.25, 0.3) is 0 Å². The molecule has 2 fully saturated rings. The fraction of sp³-hybridized carbons (Fsp3) is 1.00. The van der Waals surface area contributed by atoms with Crippen LogP contribution < -0.4 is 0 Å². The van der Waals surface area contributed by atoms with Crippen molar-refractivity contribution in [2.75, 3.05) is 24.0 Å². The highest BCUT2D eigenvalue weighted by atomic mass is 32.2. The Bertz CT molecular complexity index is 193. The highest BCUT2D eigenvalue weighted by Crippen LogP contribution is 2.63. The van der Waals surface area contributed by atoms with Crippen molar-refractivity contribution in [2.24, 2.45) is 0 Å². The van der Waals surface area contributed by atoms with Crippen molar-refractivity contribution in [3.8, 4) is 0 Å². The van der Waals surface area contributed by atoms with Gasteiger partial charge in [-0.05, 0) is 49.7 Å². The SMILES string of the molecule is CSC1(C2(SC)CCCCS2)CCCCS1. The van der Waals surface area contributed by atoms with Crippen LogP contribution in [0, 0.1) is 0 Å². The van der Waals surface area contributed by atoms with E-state index in [1.165, 1.54) is 50.0 Å². The summed E-state index contributed by atoms with van der Waals surface area (Å²) >= 11 is 8.81. The van der Waals surface area contributed by atoms with Crippen molar-refractivity contribution in [3.05, 3.63) is 0 Å². The second kappa shape index (κ2) is 6.03. The van der Waals surface area contributed by atoms with Gasteiger partial charge in [0.1, 0.15) is 0 Å². The van der Waals surface area contributed by atoms with Crippen molar-refractivity contribution < 1.29 is 0 Å². The lowest BCUT2D eigenvalue weighted by Gasteiger charge is -2.51. The van der Waals surface area contributed by atoms with E-state index in [4.69, 9.17) is 0 Å². The minimum Gasteiger partial charge on any atom is -0.145 e. The maximum Gasteiger partial charge on any atom is 0.0845 e. The number of rotatable bonds is 3. The van der Waals surface area contributed by atoms with E-state index in [2.05, 4.69) is 59.6 Å². The molecule has 0 saturated carbocycles. The zero-order valence-electron chi connectivity index (χ0n) is 10.3. The van der Waals surface area contributed by atoms with Gasteiger partial charge >= 0.3 is 0 Å². The summed E-state index contributed by atoms with van der Waals surface area (Å²) in [6.45, 7) is 0. The first-order valence-corrected chi connectivity index (χ1v) is 10.6. The van der Waals surface area contributed by atoms with Gasteiger partial charge in [0, 0.05) is 0 Å². The molecule has 0 aromatic carbocycles. The molecule has 0 aromatic rings. The minimum absolute atomic E-state index is 0.496. The Morgan fingerprint density at radius 2 is 1.19 bits per heavy atom. The lowest BCUT2D eigenvalue weighted by Crippen LogP contribution is -2.47. The van der Waals surface area contributed by atoms with E-state index in [-0.39, 0.29) is 0 Å². The van der Waals surface area contributed by atoms with Crippen LogP contribution in [0.2, 0.25) is 0 Å². The van der Waals surface area contributed by atoms with Crippen LogP contribution in [0.15, 0.2) is 0 Å². The maximum absolute atomic E-state index is 2.34. The Balaban J connectivity index is 2.21. The highest BCUT2D eigenvalue weighted by molar-refractivity contribution is 8.24. The average molecular weight is 295 g/mol. The molecular formula is C12H22S4. The predicted octanol–water partition coefficient (Wildman–Crippen LogP) is 4.94. The van der Waals surface area contributed by atoms with Gasteiger partial charge < -0.3 is 0 Å². The third-order valence-electron chi connectivity index (χ3n) is 3.71. The second-order valence-corrected chi connectivity index (χ2v) is 10.0. The molecule has 0 radical (unpaired) electrons. The van der Waals surface area contributed by atoms with E-state index >= 15 is 0 Å². The number of thioether (sulfide) groups is 4. The normalized spacial score (nSPS) is 40.9. The third kappa shape index (κ3) is 2.41. The fourth-order valence-electron chi connectivity index (χ4n) is 2.77. The first-order chi connectivity index (χ1) is 7.79. The zero-order valence-corrected chi connectivity index (χ0v) is 13.6. The van der Waals surface area contributed by atoms with Crippen molar-refractivity contribution in [1.82, 2.24) is 0 Å². The van der Waals surface area contributed by atoms with Gasteiger partial charge in [0.15, 0.2) is 0 Å². The Hall–Kier alpha value is 1.40. The van der Waals surface area contributed by atoms with Crippen LogP contribution in [0.3, 0.4) is 0 Å². The Morgan fingerprint density at radius 1 is 0.750 bits per heavy atom. The van der Waals surface area contributed by atoms with Crippen molar-refractivity contribution in [3.63, 3.8) is 0 Å². The average Bonchev–Trinajstić information content (AvgIpc) is 2.40. The van der Waals surface area contributed by atoms with Crippen LogP contribution in [-0.2, 0) is 0 Å². The second-order valence-electron chi connectivity index (χ2n) is 4.53. The number of hydrogen-bond acceptors (Lipinski definition) is 4. The van der Waals surface area contributed by atoms with Crippen LogP contribution in [0.5, 0.6) is 0 Å². The smallest absolute Gasteiger partial charge is 0.0845 e. The number of hydrogen-bond donors (Lipinski definition) is 0. The van der Waals surface area contributed by atoms with Crippen LogP contribution in [0.1, 0.15) is 38.5 Å². The molecule has 2 saturated heterocycles. The van der Waals surface area contributed by atoms with E-state index in [9.17, 15) is 0 Å². The van der Waals surface area contributed by atoms with Gasteiger partial charge in [-0.3, -0.25) is 0 Å². The molecule has 2 aliphatic rings. The summed E-state index contributed by atoms with van der Waals surface area (Å²) in [7, 11) is 0. The quantitative estimate of drug-likeness (QED) is 0.722. The van der Waals surface area contributed by atoms with Gasteiger partial charge in [-0.1, -0.05) is 12.8 Å². The Labute approximate surface area is 117 Å². The van der Waals surface area contributed by atoms with Crippen LogP contribution >= 0.6 is 47.0 Å². The topological polar surface area (TPSA) is 0 Å². The molecule has 0 aliphatic carbocycles. The first-order valence-electron chi connectivity index (χ1n) is 6.17. The molecule has 2 aliphatic heterocycles. The Morgan fingerprint density at radius 3 is 1.44 bits per heavy atom. The molecule has 94 valence electrons. The molecule has 16 heavy (non-hydrogen) atoms. The standard InChI is InChI=1S/C12H22S4/c1-13-11(7-3-5-9-15-11)12(14-2)8-4-6-10-16-12/h3-10H2,1-2H3. The lowest BCUT2D eigenvalue weighted by molar-refractivity contribution is 0.533. The molecule has 0 bridgehead atoms. The van der Waals surface area contributed by atoms with Gasteiger partial charge in [0.05, 0.1) is 8.16 Å². The van der Waals surface area contributed by atoms with Gasteiger partial charge in [-0.25, -0.2) is 0 Å². The molecule has 0 amide bonds. The molecule has 0 nitrogen and oxygen atoms in total. The van der Waals surface area contributed by atoms with Crippen LogP contribution in [0.4, 0.5) is 0 Å². The summed E-state index contributed by atoms with van der Waals surface area (Å²) in [5, 5.41) is 0. The molecule has 4 heteroatoms. The fourth-order valence-corrected chi connectivity index (χ4v) is 10.0. The van der Waals surface area contributed by atoms with Gasteiger partial charge in [-0.2, -0.15) is 0 Å². The summed E-state index contributed by atoms with van der Waals surface area (Å²) in [4.78, 5) is 0. The molecule has 2 rings (SSSR count). The predicted molar refractivity (Wildman–Crippen MR) is 85.1 cm³/mol. The minimum atomic E-state index is 0.496. The van der Waals surface area contributed by atoms with E-state index in [0.29, 0.717) is 8.16 Å². The third-order valence-corrected chi connectivity index (χ3v) is 11.4. The summed E-state index contributed by atoms with van der Waals surface area (Å²) in [6, 6.07) is 0. The summed E-state index contributed by atoms with van der Waals surface area (Å²) < 4.78 is 0.992. The van der Waals surface area contributed by atoms with E-state index in [0.717, 1.165) is 0 Å². The zero-order chi connectivity index (χ0) is 11.5. The molecule has 0 aromatic heterocycles. The maximum atomic E-state index is 2.34. The van der Waals surface area contributed by atoms with E-state index < -0.39 is 0 Å².